The van der Waals surface area contributed by atoms with E-state index >= 15 is 0 Å². The number of hydrogen-bond acceptors (Lipinski definition) is 2. The van der Waals surface area contributed by atoms with Crippen molar-refractivity contribution in [1.82, 2.24) is 0 Å². The fourth-order valence-electron chi connectivity index (χ4n) is 1.23. The number of para-hydroxylation sites is 1. The predicted molar refractivity (Wildman–Crippen MR) is 51.4 cm³/mol. The Labute approximate surface area is 71.4 Å². The number of nitrogens with two attached hydrogens (primary N) is 1. The van der Waals surface area contributed by atoms with E-state index in [9.17, 15) is 0 Å². The molecule has 60 valence electrons. The van der Waals surface area contributed by atoms with Crippen LogP contribution in [0.3, 0.4) is 0 Å². The Morgan fingerprint density at radius 1 is 1.25 bits per heavy atom. The van der Waals surface area contributed by atoms with E-state index in [2.05, 4.69) is 11.9 Å². The molecule has 2 rings (SSSR count). The number of fused-ring (bicyclic) bond motifs is 1. The summed E-state index contributed by atoms with van der Waals surface area (Å²) in [5.74, 6) is 0. The van der Waals surface area contributed by atoms with Crippen LogP contribution < -0.4 is 11.1 Å². The van der Waals surface area contributed by atoms with Crippen molar-refractivity contribution in [2.75, 3.05) is 5.32 Å². The maximum atomic E-state index is 5.69. The van der Waals surface area contributed by atoms with Gasteiger partial charge in [0.2, 0.25) is 0 Å². The molecule has 0 atom stereocenters. The van der Waals surface area contributed by atoms with Gasteiger partial charge in [-0.1, -0.05) is 24.8 Å². The van der Waals surface area contributed by atoms with Crippen LogP contribution in [-0.4, -0.2) is 0 Å². The zero-order valence-electron chi connectivity index (χ0n) is 6.67. The lowest BCUT2D eigenvalue weighted by atomic mass is 10.1. The molecule has 0 unspecified atom stereocenters. The van der Waals surface area contributed by atoms with Crippen molar-refractivity contribution in [2.24, 2.45) is 5.73 Å². The molecule has 0 saturated carbocycles. The van der Waals surface area contributed by atoms with Crippen LogP contribution in [0.25, 0.3) is 6.08 Å². The van der Waals surface area contributed by atoms with Crippen molar-refractivity contribution < 1.29 is 0 Å². The highest BCUT2D eigenvalue weighted by Crippen LogP contribution is 2.25. The Hall–Kier alpha value is -1.70. The second kappa shape index (κ2) is 2.41. The van der Waals surface area contributed by atoms with Gasteiger partial charge >= 0.3 is 0 Å². The number of anilines is 1. The Bertz CT molecular complexity index is 364. The van der Waals surface area contributed by atoms with Gasteiger partial charge in [-0.25, -0.2) is 0 Å². The fraction of sp³-hybridized carbons (Fsp3) is 0. The van der Waals surface area contributed by atoms with E-state index in [1.807, 2.05) is 30.3 Å². The first-order valence-corrected chi connectivity index (χ1v) is 3.80. The summed E-state index contributed by atoms with van der Waals surface area (Å²) in [5, 5.41) is 3.12. The number of nitrogens with one attached hydrogen (secondary N) is 1. The monoisotopic (exact) mass is 158 g/mol. The zero-order valence-corrected chi connectivity index (χ0v) is 6.67. The van der Waals surface area contributed by atoms with Crippen LogP contribution in [0.4, 0.5) is 5.69 Å². The minimum absolute atomic E-state index is 0.703. The van der Waals surface area contributed by atoms with Crippen LogP contribution in [0.2, 0.25) is 0 Å². The molecule has 1 aromatic rings. The summed E-state index contributed by atoms with van der Waals surface area (Å²) in [6.07, 6.45) is 1.92. The summed E-state index contributed by atoms with van der Waals surface area (Å²) in [4.78, 5) is 0. The topological polar surface area (TPSA) is 38.0 Å². The van der Waals surface area contributed by atoms with E-state index < -0.39 is 0 Å². The van der Waals surface area contributed by atoms with Gasteiger partial charge in [-0.3, -0.25) is 0 Å². The molecule has 0 bridgehead atoms. The third kappa shape index (κ3) is 0.975. The minimum Gasteiger partial charge on any atom is -0.397 e. The van der Waals surface area contributed by atoms with E-state index in [-0.39, 0.29) is 0 Å². The van der Waals surface area contributed by atoms with E-state index in [1.54, 1.807) is 0 Å². The Kier molecular flexibility index (Phi) is 1.40. The first-order valence-electron chi connectivity index (χ1n) is 3.80. The summed E-state index contributed by atoms with van der Waals surface area (Å²) in [5.41, 5.74) is 9.35. The van der Waals surface area contributed by atoms with Crippen molar-refractivity contribution in [2.45, 2.75) is 0 Å². The molecule has 0 fully saturated rings. The first-order chi connectivity index (χ1) is 5.77. The lowest BCUT2D eigenvalue weighted by molar-refractivity contribution is 1.29. The van der Waals surface area contributed by atoms with Crippen LogP contribution in [0.15, 0.2) is 42.2 Å². The Morgan fingerprint density at radius 3 is 2.83 bits per heavy atom. The molecule has 12 heavy (non-hydrogen) atoms. The summed E-state index contributed by atoms with van der Waals surface area (Å²) < 4.78 is 0. The summed E-state index contributed by atoms with van der Waals surface area (Å²) in [6, 6.07) is 7.98. The van der Waals surface area contributed by atoms with Crippen LogP contribution in [0.1, 0.15) is 5.56 Å². The van der Waals surface area contributed by atoms with Crippen molar-refractivity contribution in [1.29, 1.82) is 0 Å². The quantitative estimate of drug-likeness (QED) is 0.605. The molecule has 1 aliphatic heterocycles. The second-order valence-electron chi connectivity index (χ2n) is 2.79. The molecule has 1 heterocycles. The highest BCUT2D eigenvalue weighted by Gasteiger charge is 2.08. The molecular formula is C10H10N2. The summed E-state index contributed by atoms with van der Waals surface area (Å²) in [6.45, 7) is 3.79. The Morgan fingerprint density at radius 2 is 2.00 bits per heavy atom. The average molecular weight is 158 g/mol. The van der Waals surface area contributed by atoms with Gasteiger partial charge < -0.3 is 11.1 Å². The summed E-state index contributed by atoms with van der Waals surface area (Å²) >= 11 is 0. The second-order valence-corrected chi connectivity index (χ2v) is 2.79. The maximum Gasteiger partial charge on any atom is 0.0553 e. The third-order valence-electron chi connectivity index (χ3n) is 1.91. The van der Waals surface area contributed by atoms with Gasteiger partial charge in [0.15, 0.2) is 0 Å². The molecule has 0 amide bonds. The molecular weight excluding hydrogens is 148 g/mol. The number of hydrogen-bond donors (Lipinski definition) is 2. The van der Waals surface area contributed by atoms with Gasteiger partial charge in [-0.05, 0) is 12.1 Å². The normalized spacial score (nSPS) is 14.7. The van der Waals surface area contributed by atoms with Gasteiger partial charge in [0.25, 0.3) is 0 Å². The van der Waals surface area contributed by atoms with Gasteiger partial charge in [0, 0.05) is 11.3 Å². The highest BCUT2D eigenvalue weighted by molar-refractivity contribution is 5.76. The van der Waals surface area contributed by atoms with Crippen molar-refractivity contribution in [3.63, 3.8) is 0 Å². The number of rotatable bonds is 0. The van der Waals surface area contributed by atoms with Crippen molar-refractivity contribution in [3.05, 3.63) is 47.8 Å². The molecule has 3 N–H and O–H groups in total. The lowest BCUT2D eigenvalue weighted by Crippen LogP contribution is -2.12. The molecule has 1 aromatic carbocycles. The average Bonchev–Trinajstić information content (AvgIpc) is 2.07. The van der Waals surface area contributed by atoms with Gasteiger partial charge in [0.1, 0.15) is 0 Å². The predicted octanol–water partition coefficient (Wildman–Crippen LogP) is 1.93. The molecule has 1 aliphatic rings. The standard InChI is InChI=1S/C10H10N2/c1-7-9(11)6-8-4-2-3-5-10(8)12-7/h2-6,12H,1,11H2. The third-order valence-corrected chi connectivity index (χ3v) is 1.91. The zero-order chi connectivity index (χ0) is 8.55. The summed E-state index contributed by atoms with van der Waals surface area (Å²) in [7, 11) is 0. The fourth-order valence-corrected chi connectivity index (χ4v) is 1.23. The molecule has 2 nitrogen and oxygen atoms in total. The molecule has 0 aliphatic carbocycles. The van der Waals surface area contributed by atoms with E-state index in [0.29, 0.717) is 5.70 Å². The molecule has 0 aromatic heterocycles. The van der Waals surface area contributed by atoms with Gasteiger partial charge in [-0.2, -0.15) is 0 Å². The van der Waals surface area contributed by atoms with E-state index in [0.717, 1.165) is 16.9 Å². The largest absolute Gasteiger partial charge is 0.397 e. The van der Waals surface area contributed by atoms with E-state index in [4.69, 9.17) is 5.73 Å². The first kappa shape index (κ1) is 6.98. The smallest absolute Gasteiger partial charge is 0.0553 e. The minimum atomic E-state index is 0.703. The van der Waals surface area contributed by atoms with Crippen LogP contribution in [0.5, 0.6) is 0 Å². The van der Waals surface area contributed by atoms with Crippen molar-refractivity contribution in [3.8, 4) is 0 Å². The van der Waals surface area contributed by atoms with Gasteiger partial charge in [-0.15, -0.1) is 0 Å². The SMILES string of the molecule is C=C1Nc2ccccc2C=C1N. The molecule has 0 saturated heterocycles. The lowest BCUT2D eigenvalue weighted by Gasteiger charge is -2.17. The maximum absolute atomic E-state index is 5.69. The highest BCUT2D eigenvalue weighted by atomic mass is 14.9. The van der Waals surface area contributed by atoms with Crippen LogP contribution >= 0.6 is 0 Å². The molecule has 2 heteroatoms. The van der Waals surface area contributed by atoms with Crippen molar-refractivity contribution >= 4 is 11.8 Å². The van der Waals surface area contributed by atoms with Crippen LogP contribution in [0, 0.1) is 0 Å². The van der Waals surface area contributed by atoms with Crippen LogP contribution in [-0.2, 0) is 0 Å². The van der Waals surface area contributed by atoms with Gasteiger partial charge in [0.05, 0.1) is 11.4 Å². The Balaban J connectivity index is 2.56. The van der Waals surface area contributed by atoms with E-state index in [1.165, 1.54) is 0 Å². The molecule has 0 spiro atoms. The number of benzene rings is 1. The molecule has 0 radical (unpaired) electrons.